The van der Waals surface area contributed by atoms with Crippen molar-refractivity contribution in [3.05, 3.63) is 52.0 Å². The van der Waals surface area contributed by atoms with Gasteiger partial charge in [0, 0.05) is 35.1 Å². The van der Waals surface area contributed by atoms with Crippen LogP contribution in [0.1, 0.15) is 32.3 Å². The minimum Gasteiger partial charge on any atom is -0.456 e. The Morgan fingerprint density at radius 2 is 1.78 bits per heavy atom. The van der Waals surface area contributed by atoms with Gasteiger partial charge in [-0.05, 0) is 49.2 Å². The van der Waals surface area contributed by atoms with E-state index in [1.165, 1.54) is 40.7 Å². The summed E-state index contributed by atoms with van der Waals surface area (Å²) < 4.78 is 34.0. The Morgan fingerprint density at radius 1 is 1.16 bits per heavy atom. The number of ether oxygens (including phenoxy) is 1. The normalized spacial score (nSPS) is 15.4. The monoisotopic (exact) mass is 495 g/mol. The first-order valence-corrected chi connectivity index (χ1v) is 12.3. The number of benzene rings is 2. The number of nitrogens with zero attached hydrogens (tertiary/aromatic N) is 2. The van der Waals surface area contributed by atoms with Crippen molar-refractivity contribution in [3.63, 3.8) is 0 Å². The molecule has 1 heterocycles. The maximum atomic E-state index is 13.4. The van der Waals surface area contributed by atoms with Crippen molar-refractivity contribution in [1.82, 2.24) is 9.62 Å². The van der Waals surface area contributed by atoms with Gasteiger partial charge in [0.05, 0.1) is 11.6 Å². The smallest absolute Gasteiger partial charge is 0.246 e. The van der Waals surface area contributed by atoms with Gasteiger partial charge in [0.1, 0.15) is 16.4 Å². The molecule has 10 heteroatoms. The van der Waals surface area contributed by atoms with Crippen molar-refractivity contribution in [3.8, 4) is 17.6 Å². The maximum Gasteiger partial charge on any atom is 0.246 e. The van der Waals surface area contributed by atoms with E-state index in [0.717, 1.165) is 0 Å². The lowest BCUT2D eigenvalue weighted by Crippen LogP contribution is -2.47. The molecular weight excluding hydrogens is 473 g/mol. The Hall–Kier alpha value is -2.31. The lowest BCUT2D eigenvalue weighted by molar-refractivity contribution is -0.124. The molecule has 0 bridgehead atoms. The molecule has 7 nitrogen and oxygen atoms in total. The summed E-state index contributed by atoms with van der Waals surface area (Å²) in [5, 5.41) is 12.9. The minimum atomic E-state index is -3.96. The molecule has 0 spiro atoms. The molecule has 1 aliphatic heterocycles. The molecule has 1 saturated heterocycles. The van der Waals surface area contributed by atoms with Gasteiger partial charge >= 0.3 is 0 Å². The third kappa shape index (κ3) is 5.73. The van der Waals surface area contributed by atoms with E-state index < -0.39 is 10.0 Å². The number of nitriles is 1. The van der Waals surface area contributed by atoms with Crippen molar-refractivity contribution in [2.75, 3.05) is 13.1 Å². The fraction of sp³-hybridized carbons (Fsp3) is 0.364. The maximum absolute atomic E-state index is 13.4. The summed E-state index contributed by atoms with van der Waals surface area (Å²) in [7, 11) is -3.96. The number of piperidine rings is 1. The number of hydrogen-bond donors (Lipinski definition) is 1. The van der Waals surface area contributed by atoms with Crippen LogP contribution >= 0.6 is 23.2 Å². The van der Waals surface area contributed by atoms with E-state index in [9.17, 15) is 18.5 Å². The molecule has 0 saturated carbocycles. The van der Waals surface area contributed by atoms with E-state index >= 15 is 0 Å². The highest BCUT2D eigenvalue weighted by Crippen LogP contribution is 2.35. The number of rotatable bonds is 6. The number of amides is 1. The predicted molar refractivity (Wildman–Crippen MR) is 122 cm³/mol. The SMILES string of the molecule is CC(C)C(=O)NC1CCN(S(=O)(=O)c2cc(C#N)ccc2Oc2cc(Cl)cc(Cl)c2)CC1. The summed E-state index contributed by atoms with van der Waals surface area (Å²) in [5.41, 5.74) is 0.194. The third-order valence-corrected chi connectivity index (χ3v) is 7.44. The molecule has 0 radical (unpaired) electrons. The number of nitrogens with one attached hydrogen (secondary N) is 1. The van der Waals surface area contributed by atoms with Gasteiger partial charge in [-0.3, -0.25) is 4.79 Å². The summed E-state index contributed by atoms with van der Waals surface area (Å²) in [6.07, 6.45) is 0.992. The van der Waals surface area contributed by atoms with Crippen LogP contribution in [0, 0.1) is 17.2 Å². The summed E-state index contributed by atoms with van der Waals surface area (Å²) in [4.78, 5) is 11.8. The Morgan fingerprint density at radius 3 is 2.34 bits per heavy atom. The van der Waals surface area contributed by atoms with Gasteiger partial charge < -0.3 is 10.1 Å². The van der Waals surface area contributed by atoms with E-state index in [1.54, 1.807) is 0 Å². The van der Waals surface area contributed by atoms with Crippen LogP contribution in [0.15, 0.2) is 41.3 Å². The molecule has 0 aliphatic carbocycles. The Balaban J connectivity index is 1.85. The number of sulfonamides is 1. The molecule has 0 aromatic heterocycles. The van der Waals surface area contributed by atoms with Crippen LogP contribution in [0.3, 0.4) is 0 Å². The zero-order valence-electron chi connectivity index (χ0n) is 17.6. The van der Waals surface area contributed by atoms with Crippen LogP contribution in [0.5, 0.6) is 11.5 Å². The molecule has 170 valence electrons. The topological polar surface area (TPSA) is 99.5 Å². The largest absolute Gasteiger partial charge is 0.456 e. The van der Waals surface area contributed by atoms with Gasteiger partial charge in [0.25, 0.3) is 0 Å². The lowest BCUT2D eigenvalue weighted by Gasteiger charge is -2.32. The molecule has 1 fully saturated rings. The first-order chi connectivity index (χ1) is 15.1. The van der Waals surface area contributed by atoms with E-state index in [4.69, 9.17) is 27.9 Å². The first-order valence-electron chi connectivity index (χ1n) is 10.1. The van der Waals surface area contributed by atoms with Crippen molar-refractivity contribution >= 4 is 39.1 Å². The van der Waals surface area contributed by atoms with Gasteiger partial charge in [-0.1, -0.05) is 37.0 Å². The van der Waals surface area contributed by atoms with Gasteiger partial charge in [-0.15, -0.1) is 0 Å². The zero-order chi connectivity index (χ0) is 23.5. The van der Waals surface area contributed by atoms with Crippen molar-refractivity contribution in [1.29, 1.82) is 5.26 Å². The van der Waals surface area contributed by atoms with Gasteiger partial charge in [0.2, 0.25) is 15.9 Å². The van der Waals surface area contributed by atoms with E-state index in [-0.39, 0.29) is 52.9 Å². The number of carbonyl (C=O) groups excluding carboxylic acids is 1. The molecule has 0 atom stereocenters. The highest BCUT2D eigenvalue weighted by Gasteiger charge is 2.32. The first kappa shape index (κ1) is 24.3. The van der Waals surface area contributed by atoms with Crippen LogP contribution in [0.2, 0.25) is 10.0 Å². The fourth-order valence-corrected chi connectivity index (χ4v) is 5.44. The quantitative estimate of drug-likeness (QED) is 0.631. The second-order valence-corrected chi connectivity index (χ2v) is 10.6. The molecule has 2 aromatic rings. The number of halogens is 2. The zero-order valence-corrected chi connectivity index (χ0v) is 20.0. The van der Waals surface area contributed by atoms with E-state index in [0.29, 0.717) is 22.9 Å². The average Bonchev–Trinajstić information content (AvgIpc) is 2.73. The van der Waals surface area contributed by atoms with Crippen LogP contribution in [-0.4, -0.2) is 37.8 Å². The summed E-state index contributed by atoms with van der Waals surface area (Å²) >= 11 is 12.0. The molecule has 1 N–H and O–H groups in total. The molecule has 3 rings (SSSR count). The highest BCUT2D eigenvalue weighted by atomic mass is 35.5. The molecule has 0 unspecified atom stereocenters. The summed E-state index contributed by atoms with van der Waals surface area (Å²) in [6, 6.07) is 10.7. The predicted octanol–water partition coefficient (Wildman–Crippen LogP) is 4.58. The summed E-state index contributed by atoms with van der Waals surface area (Å²) in [6.45, 7) is 4.10. The van der Waals surface area contributed by atoms with Crippen LogP contribution in [0.4, 0.5) is 0 Å². The molecule has 1 aliphatic rings. The molecule has 1 amide bonds. The average molecular weight is 496 g/mol. The Bertz CT molecular complexity index is 1130. The molecule has 32 heavy (non-hydrogen) atoms. The van der Waals surface area contributed by atoms with E-state index in [1.807, 2.05) is 19.9 Å². The second-order valence-electron chi connectivity index (χ2n) is 7.82. The Kier molecular flexibility index (Phi) is 7.67. The Labute approximate surface area is 197 Å². The van der Waals surface area contributed by atoms with Gasteiger partial charge in [0.15, 0.2) is 0 Å². The van der Waals surface area contributed by atoms with Gasteiger partial charge in [-0.25, -0.2) is 8.42 Å². The van der Waals surface area contributed by atoms with Crippen LogP contribution in [0.25, 0.3) is 0 Å². The van der Waals surface area contributed by atoms with E-state index in [2.05, 4.69) is 5.32 Å². The number of hydrogen-bond acceptors (Lipinski definition) is 5. The van der Waals surface area contributed by atoms with Gasteiger partial charge in [-0.2, -0.15) is 9.57 Å². The number of carbonyl (C=O) groups is 1. The standard InChI is InChI=1S/C22H23Cl2N3O4S/c1-14(2)22(28)26-18-5-7-27(8-6-18)32(29,30)21-9-15(13-25)3-4-20(21)31-19-11-16(23)10-17(24)12-19/h3-4,9-12,14,18H,5-8H2,1-2H3,(H,26,28). The molecule has 2 aromatic carbocycles. The van der Waals surface area contributed by atoms with Crippen LogP contribution < -0.4 is 10.1 Å². The fourth-order valence-electron chi connectivity index (χ4n) is 3.33. The van der Waals surface area contributed by atoms with Crippen LogP contribution in [-0.2, 0) is 14.8 Å². The highest BCUT2D eigenvalue weighted by molar-refractivity contribution is 7.89. The molecular formula is C22H23Cl2N3O4S. The third-order valence-electron chi connectivity index (χ3n) is 5.08. The second kappa shape index (κ2) is 10.1. The van der Waals surface area contributed by atoms with Crippen molar-refractivity contribution in [2.45, 2.75) is 37.6 Å². The minimum absolute atomic E-state index is 0.0519. The lowest BCUT2D eigenvalue weighted by atomic mass is 10.1. The summed E-state index contributed by atoms with van der Waals surface area (Å²) in [5.74, 6) is 0.158. The van der Waals surface area contributed by atoms with Crippen molar-refractivity contribution in [2.24, 2.45) is 5.92 Å². The van der Waals surface area contributed by atoms with Crippen molar-refractivity contribution < 1.29 is 17.9 Å².